The van der Waals surface area contributed by atoms with Gasteiger partial charge >= 0.3 is 0 Å². The molecule has 0 radical (unpaired) electrons. The molecule has 0 spiro atoms. The fraction of sp³-hybridized carbons (Fsp3) is 0.409. The summed E-state index contributed by atoms with van der Waals surface area (Å²) >= 11 is 1.61. The molecule has 1 aromatic carbocycles. The van der Waals surface area contributed by atoms with Gasteiger partial charge in [-0.15, -0.1) is 11.3 Å². The number of thiophene rings is 1. The molecule has 1 aliphatic rings. The molecule has 0 saturated heterocycles. The number of benzene rings is 1. The number of carbonyl (C=O) groups is 1. The van der Waals surface area contributed by atoms with Gasteiger partial charge in [0, 0.05) is 29.9 Å². The van der Waals surface area contributed by atoms with Crippen molar-refractivity contribution in [1.82, 2.24) is 16.0 Å². The molecule has 0 aliphatic heterocycles. The van der Waals surface area contributed by atoms with Crippen molar-refractivity contribution >= 4 is 23.2 Å². The highest BCUT2D eigenvalue weighted by atomic mass is 32.1. The van der Waals surface area contributed by atoms with E-state index in [0.717, 1.165) is 30.6 Å². The molecule has 2 aromatic rings. The van der Waals surface area contributed by atoms with Gasteiger partial charge in [-0.1, -0.05) is 36.4 Å². The van der Waals surface area contributed by atoms with Crippen LogP contribution in [0.2, 0.25) is 0 Å². The number of aliphatic imine (C=N–C) groups is 1. The number of nitrogens with zero attached hydrogens (tertiary/aromatic N) is 2. The Morgan fingerprint density at radius 1 is 1.24 bits per heavy atom. The lowest BCUT2D eigenvalue weighted by molar-refractivity contribution is -0.120. The third-order valence-corrected chi connectivity index (χ3v) is 6.48. The number of guanidine groups is 1. The highest BCUT2D eigenvalue weighted by molar-refractivity contribution is 7.10. The van der Waals surface area contributed by atoms with Crippen molar-refractivity contribution in [1.29, 1.82) is 5.26 Å². The molecule has 152 valence electrons. The van der Waals surface area contributed by atoms with Crippen LogP contribution in [0.3, 0.4) is 0 Å². The van der Waals surface area contributed by atoms with E-state index in [1.165, 1.54) is 5.56 Å². The molecule has 3 N–H and O–H groups in total. The molecule has 1 aromatic heterocycles. The average Bonchev–Trinajstić information content (AvgIpc) is 3.26. The van der Waals surface area contributed by atoms with Gasteiger partial charge in [-0.2, -0.15) is 5.26 Å². The van der Waals surface area contributed by atoms with E-state index in [1.54, 1.807) is 18.4 Å². The van der Waals surface area contributed by atoms with E-state index in [2.05, 4.69) is 45.2 Å². The lowest BCUT2D eigenvalue weighted by Gasteiger charge is -2.41. The number of hydrogen-bond donors (Lipinski definition) is 3. The number of carbonyl (C=O) groups excluding carboxylic acids is 1. The Hall–Kier alpha value is -2.85. The van der Waals surface area contributed by atoms with Crippen molar-refractivity contribution in [2.24, 2.45) is 4.99 Å². The molecule has 7 heteroatoms. The van der Waals surface area contributed by atoms with Crippen molar-refractivity contribution in [2.45, 2.75) is 43.6 Å². The van der Waals surface area contributed by atoms with Gasteiger partial charge < -0.3 is 10.6 Å². The van der Waals surface area contributed by atoms with Crippen LogP contribution < -0.4 is 16.0 Å². The molecule has 6 nitrogen and oxygen atoms in total. The third kappa shape index (κ3) is 5.58. The molecule has 1 saturated carbocycles. The Morgan fingerprint density at radius 3 is 2.62 bits per heavy atom. The van der Waals surface area contributed by atoms with E-state index < -0.39 is 0 Å². The number of hydrogen-bond acceptors (Lipinski definition) is 4. The fourth-order valence-corrected chi connectivity index (χ4v) is 4.68. The van der Waals surface area contributed by atoms with E-state index in [-0.39, 0.29) is 17.4 Å². The van der Waals surface area contributed by atoms with Gasteiger partial charge in [-0.3, -0.25) is 15.1 Å². The topological polar surface area (TPSA) is 89.3 Å². The van der Waals surface area contributed by atoms with Crippen LogP contribution in [0.4, 0.5) is 0 Å². The summed E-state index contributed by atoms with van der Waals surface area (Å²) in [7, 11) is 1.66. The minimum Gasteiger partial charge on any atom is -0.355 e. The minimum atomic E-state index is -0.0727. The number of nitrogens with one attached hydrogen (secondary N) is 3. The standard InChI is InChI=1S/C22H27N5OS/c1-24-21(26-16-23)27-18-9-11-22(12-10-18,17-6-3-2-4-7-17)15-25-20(28)14-19-8-5-13-29-19/h2-8,13,18H,9-12,14-15H2,1H3,(H,25,28)(H2,24,26,27). The number of nitriles is 1. The van der Waals surface area contributed by atoms with E-state index >= 15 is 0 Å². The SMILES string of the molecule is CN=C(NC#N)NC1CCC(CNC(=O)Cc2cccs2)(c2ccccc2)CC1. The molecule has 3 rings (SSSR count). The zero-order valence-corrected chi connectivity index (χ0v) is 17.5. The second-order valence-electron chi connectivity index (χ2n) is 7.41. The Labute approximate surface area is 176 Å². The normalized spacial score (nSPS) is 21.8. The van der Waals surface area contributed by atoms with Crippen LogP contribution in [0.25, 0.3) is 0 Å². The molecular weight excluding hydrogens is 382 g/mol. The first-order valence-electron chi connectivity index (χ1n) is 9.88. The highest BCUT2D eigenvalue weighted by Crippen LogP contribution is 2.39. The number of rotatable bonds is 6. The molecule has 29 heavy (non-hydrogen) atoms. The van der Waals surface area contributed by atoms with Crippen molar-refractivity contribution in [3.05, 3.63) is 58.3 Å². The maximum atomic E-state index is 12.5. The summed E-state index contributed by atoms with van der Waals surface area (Å²) < 4.78 is 0. The van der Waals surface area contributed by atoms with Crippen molar-refractivity contribution < 1.29 is 4.79 Å². The van der Waals surface area contributed by atoms with Gasteiger partial charge in [0.05, 0.1) is 6.42 Å². The van der Waals surface area contributed by atoms with E-state index in [4.69, 9.17) is 5.26 Å². The lowest BCUT2D eigenvalue weighted by Crippen LogP contribution is -2.49. The zero-order chi connectivity index (χ0) is 20.5. The molecule has 0 atom stereocenters. The molecule has 1 amide bonds. The average molecular weight is 410 g/mol. The van der Waals surface area contributed by atoms with Crippen LogP contribution in [0.1, 0.15) is 36.1 Å². The Balaban J connectivity index is 1.65. The molecule has 1 fully saturated rings. The van der Waals surface area contributed by atoms with Crippen LogP contribution in [-0.4, -0.2) is 31.5 Å². The summed E-state index contributed by atoms with van der Waals surface area (Å²) in [5.74, 6) is 0.579. The Kier molecular flexibility index (Phi) is 7.25. The van der Waals surface area contributed by atoms with Gasteiger partial charge in [-0.05, 0) is 42.7 Å². The summed E-state index contributed by atoms with van der Waals surface area (Å²) in [5, 5.41) is 19.9. The highest BCUT2D eigenvalue weighted by Gasteiger charge is 2.37. The lowest BCUT2D eigenvalue weighted by atomic mass is 9.68. The summed E-state index contributed by atoms with van der Waals surface area (Å²) in [6.07, 6.45) is 6.15. The van der Waals surface area contributed by atoms with Gasteiger partial charge in [0.25, 0.3) is 0 Å². The zero-order valence-electron chi connectivity index (χ0n) is 16.6. The van der Waals surface area contributed by atoms with Gasteiger partial charge in [0.15, 0.2) is 6.19 Å². The van der Waals surface area contributed by atoms with Crippen molar-refractivity contribution in [3.63, 3.8) is 0 Å². The van der Waals surface area contributed by atoms with Crippen LogP contribution in [-0.2, 0) is 16.6 Å². The first-order chi connectivity index (χ1) is 14.1. The summed E-state index contributed by atoms with van der Waals surface area (Å²) in [6, 6.07) is 14.7. The summed E-state index contributed by atoms with van der Waals surface area (Å²) in [6.45, 7) is 0.638. The minimum absolute atomic E-state index is 0.0710. The second kappa shape index (κ2) is 10.1. The van der Waals surface area contributed by atoms with Gasteiger partial charge in [0.2, 0.25) is 11.9 Å². The van der Waals surface area contributed by atoms with Gasteiger partial charge in [0.1, 0.15) is 0 Å². The summed E-state index contributed by atoms with van der Waals surface area (Å²) in [5.41, 5.74) is 1.20. The van der Waals surface area contributed by atoms with Crippen molar-refractivity contribution in [2.75, 3.05) is 13.6 Å². The predicted octanol–water partition coefficient (Wildman–Crippen LogP) is 2.93. The molecular formula is C22H27N5OS. The third-order valence-electron chi connectivity index (χ3n) is 5.61. The monoisotopic (exact) mass is 409 g/mol. The van der Waals surface area contributed by atoms with Crippen LogP contribution >= 0.6 is 11.3 Å². The maximum absolute atomic E-state index is 12.5. The largest absolute Gasteiger partial charge is 0.355 e. The Morgan fingerprint density at radius 2 is 2.00 bits per heavy atom. The molecule has 0 bridgehead atoms. The maximum Gasteiger partial charge on any atom is 0.225 e. The first kappa shape index (κ1) is 20.9. The fourth-order valence-electron chi connectivity index (χ4n) is 3.98. The number of amides is 1. The van der Waals surface area contributed by atoms with E-state index in [0.29, 0.717) is 18.9 Å². The summed E-state index contributed by atoms with van der Waals surface area (Å²) in [4.78, 5) is 17.6. The van der Waals surface area contributed by atoms with E-state index in [9.17, 15) is 4.79 Å². The van der Waals surface area contributed by atoms with Crippen LogP contribution in [0.15, 0.2) is 52.8 Å². The Bertz CT molecular complexity index is 849. The van der Waals surface area contributed by atoms with Crippen LogP contribution in [0, 0.1) is 11.5 Å². The predicted molar refractivity (Wildman–Crippen MR) is 117 cm³/mol. The molecule has 0 unspecified atom stereocenters. The van der Waals surface area contributed by atoms with Crippen LogP contribution in [0.5, 0.6) is 0 Å². The smallest absolute Gasteiger partial charge is 0.225 e. The molecule has 1 aliphatic carbocycles. The van der Waals surface area contributed by atoms with E-state index in [1.807, 2.05) is 29.8 Å². The van der Waals surface area contributed by atoms with Crippen molar-refractivity contribution in [3.8, 4) is 6.19 Å². The quantitative estimate of drug-likeness (QED) is 0.296. The first-order valence-corrected chi connectivity index (χ1v) is 10.8. The van der Waals surface area contributed by atoms with Gasteiger partial charge in [-0.25, -0.2) is 0 Å². The molecule has 1 heterocycles. The second-order valence-corrected chi connectivity index (χ2v) is 8.44.